The summed E-state index contributed by atoms with van der Waals surface area (Å²) in [6.07, 6.45) is 11.0. The number of benzene rings is 5. The number of aryl methyl sites for hydroxylation is 1. The van der Waals surface area contributed by atoms with E-state index >= 15 is 0 Å². The smallest absolute Gasteiger partial charge is 0.0709 e. The molecular weight excluding hydrogens is 494 g/mol. The minimum Gasteiger partial charge on any atom is -0.248 e. The summed E-state index contributed by atoms with van der Waals surface area (Å²) in [7, 11) is 0. The molecule has 0 spiro atoms. The van der Waals surface area contributed by atoms with Crippen LogP contribution in [-0.2, 0) is 6.42 Å². The van der Waals surface area contributed by atoms with Gasteiger partial charge in [0.05, 0.1) is 11.2 Å². The number of aromatic nitrogens is 1. The van der Waals surface area contributed by atoms with Gasteiger partial charge in [0.2, 0.25) is 0 Å². The lowest BCUT2D eigenvalue weighted by molar-refractivity contribution is 0.778. The standard InChI is InChI=1S/C40H33N/c1-3-33-37(36-16-10-15-34-27(2)11-6-4-9-14-35(34)36)22-19-28-17-18-31(26-38(28)33)30-20-23-40-32(25-30)21-24-39(41-40)29-12-7-5-8-13-29/h4-10,12-27H,3,11H2,1-2H3/b6-4+,14-9-. The summed E-state index contributed by atoms with van der Waals surface area (Å²) in [6.45, 7) is 4.62. The Morgan fingerprint density at radius 1 is 0.683 bits per heavy atom. The van der Waals surface area contributed by atoms with Gasteiger partial charge in [-0.1, -0.05) is 123 Å². The molecule has 0 N–H and O–H groups in total. The number of nitrogens with zero attached hydrogens (tertiary/aromatic N) is 1. The van der Waals surface area contributed by atoms with Crippen molar-refractivity contribution in [3.8, 4) is 33.5 Å². The molecule has 0 aliphatic heterocycles. The van der Waals surface area contributed by atoms with Crippen molar-refractivity contribution in [2.24, 2.45) is 0 Å². The zero-order valence-electron chi connectivity index (χ0n) is 23.6. The largest absolute Gasteiger partial charge is 0.248 e. The second kappa shape index (κ2) is 10.7. The van der Waals surface area contributed by atoms with Crippen molar-refractivity contribution in [3.05, 3.63) is 144 Å². The van der Waals surface area contributed by atoms with Crippen LogP contribution in [0.4, 0.5) is 0 Å². The summed E-state index contributed by atoms with van der Waals surface area (Å²) in [5, 5.41) is 3.78. The van der Waals surface area contributed by atoms with E-state index in [1.165, 1.54) is 49.7 Å². The molecule has 41 heavy (non-hydrogen) atoms. The van der Waals surface area contributed by atoms with E-state index in [9.17, 15) is 0 Å². The fourth-order valence-electron chi connectivity index (χ4n) is 6.34. The first-order valence-corrected chi connectivity index (χ1v) is 14.7. The van der Waals surface area contributed by atoms with Crippen LogP contribution >= 0.6 is 0 Å². The highest BCUT2D eigenvalue weighted by molar-refractivity contribution is 5.97. The van der Waals surface area contributed by atoms with Crippen molar-refractivity contribution < 1.29 is 0 Å². The fourth-order valence-corrected chi connectivity index (χ4v) is 6.34. The Morgan fingerprint density at radius 2 is 1.49 bits per heavy atom. The van der Waals surface area contributed by atoms with Gasteiger partial charge in [-0.25, -0.2) is 4.98 Å². The summed E-state index contributed by atoms with van der Waals surface area (Å²) < 4.78 is 0. The van der Waals surface area contributed by atoms with Gasteiger partial charge in [-0.3, -0.25) is 0 Å². The van der Waals surface area contributed by atoms with Crippen LogP contribution in [0.25, 0.3) is 61.3 Å². The van der Waals surface area contributed by atoms with Gasteiger partial charge in [0, 0.05) is 10.9 Å². The molecule has 1 aliphatic carbocycles. The van der Waals surface area contributed by atoms with E-state index in [-0.39, 0.29) is 0 Å². The number of hydrogen-bond donors (Lipinski definition) is 0. The van der Waals surface area contributed by atoms with Gasteiger partial charge in [-0.05, 0) is 92.7 Å². The van der Waals surface area contributed by atoms with Crippen LogP contribution < -0.4 is 0 Å². The van der Waals surface area contributed by atoms with Crippen LogP contribution in [0.2, 0.25) is 0 Å². The molecule has 6 aromatic rings. The predicted molar refractivity (Wildman–Crippen MR) is 176 cm³/mol. The maximum Gasteiger partial charge on any atom is 0.0709 e. The predicted octanol–water partition coefficient (Wildman–Crippen LogP) is 11.0. The van der Waals surface area contributed by atoms with Crippen molar-refractivity contribution in [1.29, 1.82) is 0 Å². The Morgan fingerprint density at radius 3 is 2.37 bits per heavy atom. The highest BCUT2D eigenvalue weighted by Crippen LogP contribution is 2.39. The van der Waals surface area contributed by atoms with Gasteiger partial charge in [0.15, 0.2) is 0 Å². The van der Waals surface area contributed by atoms with Crippen molar-refractivity contribution in [1.82, 2.24) is 4.98 Å². The molecule has 0 saturated heterocycles. The molecule has 1 heteroatoms. The second-order valence-corrected chi connectivity index (χ2v) is 11.1. The Kier molecular flexibility index (Phi) is 6.57. The lowest BCUT2D eigenvalue weighted by atomic mass is 9.84. The third kappa shape index (κ3) is 4.68. The Labute approximate surface area is 242 Å². The average molecular weight is 528 g/mol. The third-order valence-electron chi connectivity index (χ3n) is 8.54. The van der Waals surface area contributed by atoms with Crippen LogP contribution in [-0.4, -0.2) is 4.98 Å². The zero-order valence-corrected chi connectivity index (χ0v) is 23.6. The Bertz CT molecular complexity index is 1960. The quantitative estimate of drug-likeness (QED) is 0.222. The van der Waals surface area contributed by atoms with E-state index in [2.05, 4.69) is 141 Å². The van der Waals surface area contributed by atoms with Gasteiger partial charge in [0.25, 0.3) is 0 Å². The summed E-state index contributed by atoms with van der Waals surface area (Å²) in [4.78, 5) is 4.95. The van der Waals surface area contributed by atoms with E-state index in [0.717, 1.165) is 35.0 Å². The molecule has 1 nitrogen and oxygen atoms in total. The fraction of sp³-hybridized carbons (Fsp3) is 0.125. The molecule has 1 aliphatic rings. The molecule has 1 heterocycles. The van der Waals surface area contributed by atoms with Crippen molar-refractivity contribution in [2.75, 3.05) is 0 Å². The molecule has 0 amide bonds. The second-order valence-electron chi connectivity index (χ2n) is 11.1. The molecule has 0 bridgehead atoms. The normalized spacial score (nSPS) is 16.2. The van der Waals surface area contributed by atoms with Gasteiger partial charge in [0.1, 0.15) is 0 Å². The lowest BCUT2D eigenvalue weighted by Crippen LogP contribution is -2.00. The minimum atomic E-state index is 0.495. The van der Waals surface area contributed by atoms with Crippen molar-refractivity contribution in [3.63, 3.8) is 0 Å². The molecule has 1 aromatic heterocycles. The summed E-state index contributed by atoms with van der Waals surface area (Å²) in [5.41, 5.74) is 12.5. The van der Waals surface area contributed by atoms with Crippen LogP contribution in [0.5, 0.6) is 0 Å². The number of pyridine rings is 1. The molecule has 198 valence electrons. The molecule has 0 radical (unpaired) electrons. The maximum absolute atomic E-state index is 4.95. The first kappa shape index (κ1) is 25.2. The van der Waals surface area contributed by atoms with Crippen LogP contribution in [0.3, 0.4) is 0 Å². The number of fused-ring (bicyclic) bond motifs is 3. The molecule has 1 unspecified atom stereocenters. The Balaban J connectivity index is 1.33. The van der Waals surface area contributed by atoms with Crippen molar-refractivity contribution in [2.45, 2.75) is 32.6 Å². The third-order valence-corrected chi connectivity index (χ3v) is 8.54. The number of allylic oxidation sites excluding steroid dienone is 3. The van der Waals surface area contributed by atoms with Crippen LogP contribution in [0, 0.1) is 0 Å². The van der Waals surface area contributed by atoms with Gasteiger partial charge < -0.3 is 0 Å². The molecule has 7 rings (SSSR count). The molecular formula is C40H33N. The van der Waals surface area contributed by atoms with E-state index in [4.69, 9.17) is 4.98 Å². The highest BCUT2D eigenvalue weighted by atomic mass is 14.7. The molecule has 0 saturated carbocycles. The van der Waals surface area contributed by atoms with Gasteiger partial charge >= 0.3 is 0 Å². The van der Waals surface area contributed by atoms with E-state index in [0.29, 0.717) is 5.92 Å². The number of hydrogen-bond acceptors (Lipinski definition) is 1. The summed E-state index contributed by atoms with van der Waals surface area (Å²) in [6, 6.07) is 39.7. The number of rotatable bonds is 4. The maximum atomic E-state index is 4.95. The minimum absolute atomic E-state index is 0.495. The topological polar surface area (TPSA) is 12.9 Å². The highest BCUT2D eigenvalue weighted by Gasteiger charge is 2.17. The van der Waals surface area contributed by atoms with E-state index < -0.39 is 0 Å². The first-order valence-electron chi connectivity index (χ1n) is 14.7. The average Bonchev–Trinajstić information content (AvgIpc) is 3.02. The lowest BCUT2D eigenvalue weighted by Gasteiger charge is -2.20. The van der Waals surface area contributed by atoms with Gasteiger partial charge in [-0.2, -0.15) is 0 Å². The molecule has 1 atom stereocenters. The van der Waals surface area contributed by atoms with Crippen LogP contribution in [0.1, 0.15) is 42.9 Å². The van der Waals surface area contributed by atoms with Crippen LogP contribution in [0.15, 0.2) is 127 Å². The Hall–Kier alpha value is -4.75. The summed E-state index contributed by atoms with van der Waals surface area (Å²) in [5.74, 6) is 0.495. The summed E-state index contributed by atoms with van der Waals surface area (Å²) >= 11 is 0. The van der Waals surface area contributed by atoms with E-state index in [1.807, 2.05) is 6.07 Å². The monoisotopic (exact) mass is 527 g/mol. The molecule has 0 fully saturated rings. The zero-order chi connectivity index (χ0) is 27.8. The van der Waals surface area contributed by atoms with Gasteiger partial charge in [-0.15, -0.1) is 0 Å². The first-order chi connectivity index (χ1) is 20.2. The molecule has 5 aromatic carbocycles. The van der Waals surface area contributed by atoms with E-state index in [1.54, 1.807) is 0 Å². The SMILES string of the molecule is CCc1c(-c2cccc3c2/C=C\C=C\CC3C)ccc2ccc(-c3ccc4nc(-c5ccccc5)ccc4c3)cc12. The van der Waals surface area contributed by atoms with Crippen molar-refractivity contribution >= 4 is 27.8 Å².